The van der Waals surface area contributed by atoms with Crippen LogP contribution in [0.15, 0.2) is 18.2 Å². The Balaban J connectivity index is 1.61. The molecule has 2 aliphatic rings. The van der Waals surface area contributed by atoms with Gasteiger partial charge in [-0.25, -0.2) is 0 Å². The van der Waals surface area contributed by atoms with Crippen LogP contribution in [0.3, 0.4) is 0 Å². The lowest BCUT2D eigenvalue weighted by Crippen LogP contribution is -2.47. The minimum absolute atomic E-state index is 0.0821. The third kappa shape index (κ3) is 4.44. The monoisotopic (exact) mass is 391 g/mol. The van der Waals surface area contributed by atoms with Gasteiger partial charge in [-0.15, -0.1) is 0 Å². The highest BCUT2D eigenvalue weighted by atomic mass is 32.2. The summed E-state index contributed by atoms with van der Waals surface area (Å²) in [6.45, 7) is 2.90. The summed E-state index contributed by atoms with van der Waals surface area (Å²) in [4.78, 5) is 38.1. The lowest BCUT2D eigenvalue weighted by molar-refractivity contribution is -0.136. The van der Waals surface area contributed by atoms with Crippen molar-refractivity contribution in [2.75, 3.05) is 41.9 Å². The Bertz CT molecular complexity index is 746. The van der Waals surface area contributed by atoms with Gasteiger partial charge in [0.05, 0.1) is 5.60 Å². The van der Waals surface area contributed by atoms with Gasteiger partial charge < -0.3 is 20.3 Å². The number of ether oxygens (including phenoxy) is 1. The molecule has 0 aliphatic carbocycles. The molecule has 146 valence electrons. The molecule has 1 aromatic rings. The van der Waals surface area contributed by atoms with Gasteiger partial charge in [-0.3, -0.25) is 14.4 Å². The molecule has 1 atom stereocenters. The predicted molar refractivity (Wildman–Crippen MR) is 106 cm³/mol. The number of benzene rings is 1. The number of aryl methyl sites for hydroxylation is 1. The average Bonchev–Trinajstić information content (AvgIpc) is 3.31. The summed E-state index contributed by atoms with van der Waals surface area (Å²) in [5.41, 5.74) is 1.83. The quantitative estimate of drug-likeness (QED) is 0.746. The molecule has 2 N–H and O–H groups in total. The Morgan fingerprint density at radius 1 is 1.33 bits per heavy atom. The van der Waals surface area contributed by atoms with Gasteiger partial charge in [0.25, 0.3) is 0 Å². The van der Waals surface area contributed by atoms with Crippen LogP contribution in [0.1, 0.15) is 24.8 Å². The van der Waals surface area contributed by atoms with Crippen LogP contribution in [0.4, 0.5) is 11.4 Å². The van der Waals surface area contributed by atoms with Crippen LogP contribution in [-0.4, -0.2) is 55.0 Å². The highest BCUT2D eigenvalue weighted by Gasteiger charge is 2.35. The summed E-state index contributed by atoms with van der Waals surface area (Å²) >= 11 is 1.77. The Morgan fingerprint density at radius 2 is 2.15 bits per heavy atom. The number of nitrogens with one attached hydrogen (secondary N) is 2. The van der Waals surface area contributed by atoms with Crippen LogP contribution >= 0.6 is 11.8 Å². The number of hydrogen-bond donors (Lipinski definition) is 2. The number of thioether (sulfide) groups is 1. The van der Waals surface area contributed by atoms with Crippen LogP contribution in [0.25, 0.3) is 0 Å². The zero-order chi connectivity index (χ0) is 19.4. The van der Waals surface area contributed by atoms with E-state index in [4.69, 9.17) is 4.74 Å². The smallest absolute Gasteiger partial charge is 0.313 e. The SMILES string of the molecule is COC1(CNC(=O)C(=O)Nc2ccc(C)c(N3CCCC3=O)c2)CCSC1. The van der Waals surface area contributed by atoms with E-state index in [9.17, 15) is 14.4 Å². The molecule has 7 nitrogen and oxygen atoms in total. The molecule has 1 aromatic carbocycles. The number of carbonyl (C=O) groups is 3. The molecule has 1 unspecified atom stereocenters. The van der Waals surface area contributed by atoms with Gasteiger partial charge in [-0.1, -0.05) is 6.07 Å². The zero-order valence-corrected chi connectivity index (χ0v) is 16.5. The summed E-state index contributed by atoms with van der Waals surface area (Å²) < 4.78 is 5.54. The summed E-state index contributed by atoms with van der Waals surface area (Å²) in [5, 5.41) is 5.29. The Morgan fingerprint density at radius 3 is 2.78 bits per heavy atom. The van der Waals surface area contributed by atoms with E-state index in [0.29, 0.717) is 25.2 Å². The molecule has 2 aliphatic heterocycles. The topological polar surface area (TPSA) is 87.7 Å². The fourth-order valence-electron chi connectivity index (χ4n) is 3.35. The molecule has 2 fully saturated rings. The van der Waals surface area contributed by atoms with Crippen molar-refractivity contribution in [1.82, 2.24) is 5.32 Å². The minimum Gasteiger partial charge on any atom is -0.376 e. The molecule has 0 aromatic heterocycles. The van der Waals surface area contributed by atoms with Gasteiger partial charge in [0.15, 0.2) is 0 Å². The predicted octanol–water partition coefficient (Wildman–Crippen LogP) is 1.70. The Hall–Kier alpha value is -2.06. The van der Waals surface area contributed by atoms with E-state index in [-0.39, 0.29) is 5.91 Å². The van der Waals surface area contributed by atoms with Crippen molar-refractivity contribution in [3.63, 3.8) is 0 Å². The number of rotatable bonds is 5. The number of nitrogens with zero attached hydrogens (tertiary/aromatic N) is 1. The van der Waals surface area contributed by atoms with E-state index < -0.39 is 17.4 Å². The van der Waals surface area contributed by atoms with Crippen molar-refractivity contribution in [3.8, 4) is 0 Å². The second-order valence-corrected chi connectivity index (χ2v) is 8.08. The normalized spacial score (nSPS) is 22.1. The molecule has 27 heavy (non-hydrogen) atoms. The third-order valence-corrected chi connectivity index (χ3v) is 6.33. The van der Waals surface area contributed by atoms with Crippen LogP contribution in [0, 0.1) is 6.92 Å². The van der Waals surface area contributed by atoms with E-state index in [1.165, 1.54) is 0 Å². The maximum absolute atomic E-state index is 12.2. The van der Waals surface area contributed by atoms with Crippen molar-refractivity contribution in [2.45, 2.75) is 31.8 Å². The van der Waals surface area contributed by atoms with Crippen LogP contribution in [-0.2, 0) is 19.1 Å². The molecule has 8 heteroatoms. The van der Waals surface area contributed by atoms with E-state index in [0.717, 1.165) is 35.6 Å². The summed E-state index contributed by atoms with van der Waals surface area (Å²) in [6, 6.07) is 5.31. The first-order chi connectivity index (χ1) is 12.9. The molecular formula is C19H25N3O4S. The fourth-order valence-corrected chi connectivity index (χ4v) is 4.75. The fraction of sp³-hybridized carbons (Fsp3) is 0.526. The first-order valence-corrected chi connectivity index (χ1v) is 10.2. The number of carbonyl (C=O) groups excluding carboxylic acids is 3. The van der Waals surface area contributed by atoms with Crippen molar-refractivity contribution >= 4 is 40.9 Å². The summed E-state index contributed by atoms with van der Waals surface area (Å²) in [6.07, 6.45) is 2.22. The Kier molecular flexibility index (Phi) is 6.06. The van der Waals surface area contributed by atoms with Gasteiger partial charge in [-0.2, -0.15) is 11.8 Å². The number of methoxy groups -OCH3 is 1. The minimum atomic E-state index is -0.727. The average molecular weight is 391 g/mol. The van der Waals surface area contributed by atoms with E-state index in [1.54, 1.807) is 35.9 Å². The molecular weight excluding hydrogens is 366 g/mol. The highest BCUT2D eigenvalue weighted by molar-refractivity contribution is 7.99. The molecule has 2 heterocycles. The number of anilines is 2. The van der Waals surface area contributed by atoms with Crippen LogP contribution in [0.2, 0.25) is 0 Å². The molecule has 0 spiro atoms. The van der Waals surface area contributed by atoms with Crippen LogP contribution < -0.4 is 15.5 Å². The molecule has 0 bridgehead atoms. The van der Waals surface area contributed by atoms with Gasteiger partial charge in [0, 0.05) is 43.7 Å². The molecule has 0 radical (unpaired) electrons. The highest BCUT2D eigenvalue weighted by Crippen LogP contribution is 2.30. The zero-order valence-electron chi connectivity index (χ0n) is 15.7. The maximum Gasteiger partial charge on any atom is 0.313 e. The maximum atomic E-state index is 12.2. The largest absolute Gasteiger partial charge is 0.376 e. The van der Waals surface area contributed by atoms with Gasteiger partial charge in [-0.05, 0) is 43.2 Å². The second kappa shape index (κ2) is 8.31. The van der Waals surface area contributed by atoms with Gasteiger partial charge in [0.2, 0.25) is 5.91 Å². The first-order valence-electron chi connectivity index (χ1n) is 9.07. The van der Waals surface area contributed by atoms with Gasteiger partial charge in [0.1, 0.15) is 0 Å². The third-order valence-electron chi connectivity index (χ3n) is 5.11. The van der Waals surface area contributed by atoms with Crippen molar-refractivity contribution < 1.29 is 19.1 Å². The number of amides is 3. The second-order valence-electron chi connectivity index (χ2n) is 6.98. The molecule has 3 amide bonds. The standard InChI is InChI=1S/C19H25N3O4S/c1-13-5-6-14(10-15(13)22-8-3-4-16(22)23)21-18(25)17(24)20-11-19(26-2)7-9-27-12-19/h5-6,10H,3-4,7-9,11-12H2,1-2H3,(H,20,24)(H,21,25). The van der Waals surface area contributed by atoms with Gasteiger partial charge >= 0.3 is 11.8 Å². The molecule has 0 saturated carbocycles. The van der Waals surface area contributed by atoms with Crippen molar-refractivity contribution in [1.29, 1.82) is 0 Å². The van der Waals surface area contributed by atoms with E-state index >= 15 is 0 Å². The number of hydrogen-bond acceptors (Lipinski definition) is 5. The molecule has 2 saturated heterocycles. The summed E-state index contributed by atoms with van der Waals surface area (Å²) in [5.74, 6) is 0.448. The van der Waals surface area contributed by atoms with Crippen molar-refractivity contribution in [2.24, 2.45) is 0 Å². The Labute approximate surface area is 163 Å². The van der Waals surface area contributed by atoms with Crippen molar-refractivity contribution in [3.05, 3.63) is 23.8 Å². The van der Waals surface area contributed by atoms with E-state index in [2.05, 4.69) is 10.6 Å². The first kappa shape index (κ1) is 19.7. The summed E-state index contributed by atoms with van der Waals surface area (Å²) in [7, 11) is 1.63. The lowest BCUT2D eigenvalue weighted by Gasteiger charge is -2.26. The lowest BCUT2D eigenvalue weighted by atomic mass is 10.0. The molecule has 3 rings (SSSR count). The van der Waals surface area contributed by atoms with E-state index in [1.807, 2.05) is 13.0 Å². The van der Waals surface area contributed by atoms with Crippen LogP contribution in [0.5, 0.6) is 0 Å².